The molecule has 2 N–H and O–H groups in total. The summed E-state index contributed by atoms with van der Waals surface area (Å²) in [4.78, 5) is 11.7. The van der Waals surface area contributed by atoms with Crippen LogP contribution in [0.5, 0.6) is 0 Å². The average Bonchev–Trinajstić information content (AvgIpc) is 2.45. The number of nitrogens with one attached hydrogen (secondary N) is 2. The smallest absolute Gasteiger partial charge is 0.271 e. The van der Waals surface area contributed by atoms with Crippen LogP contribution in [0.4, 0.5) is 5.82 Å². The van der Waals surface area contributed by atoms with Crippen molar-refractivity contribution in [1.82, 2.24) is 15.5 Å². The fourth-order valence-corrected chi connectivity index (χ4v) is 1.90. The third-order valence-corrected chi connectivity index (χ3v) is 2.87. The van der Waals surface area contributed by atoms with Crippen molar-refractivity contribution in [3.05, 3.63) is 53.2 Å². The van der Waals surface area contributed by atoms with E-state index in [1.165, 1.54) is 11.1 Å². The molecular formula is C16H20N4O. The van der Waals surface area contributed by atoms with Gasteiger partial charge in [-0.05, 0) is 38.5 Å². The van der Waals surface area contributed by atoms with Crippen LogP contribution in [0.3, 0.4) is 0 Å². The Morgan fingerprint density at radius 2 is 2.00 bits per heavy atom. The Bertz CT molecular complexity index is 608. The predicted molar refractivity (Wildman–Crippen MR) is 83.1 cm³/mol. The molecule has 1 heterocycles. The third-order valence-electron chi connectivity index (χ3n) is 2.87. The monoisotopic (exact) mass is 284 g/mol. The standard InChI is InChI=1S/C16H20N4O/c1-11(2)18-16(21)14-7-8-15(20-19-14)17-10-13-6-4-5-12(3)9-13/h4-9,11H,10H2,1-3H3,(H,17,20)(H,18,21). The first kappa shape index (κ1) is 15.0. The van der Waals surface area contributed by atoms with E-state index in [0.29, 0.717) is 18.1 Å². The summed E-state index contributed by atoms with van der Waals surface area (Å²) >= 11 is 0. The molecule has 0 radical (unpaired) electrons. The van der Waals surface area contributed by atoms with Gasteiger partial charge in [-0.3, -0.25) is 4.79 Å². The molecule has 5 heteroatoms. The van der Waals surface area contributed by atoms with Gasteiger partial charge in [-0.25, -0.2) is 0 Å². The SMILES string of the molecule is Cc1cccc(CNc2ccc(C(=O)NC(C)C)nn2)c1. The minimum absolute atomic E-state index is 0.0819. The van der Waals surface area contributed by atoms with Crippen molar-refractivity contribution >= 4 is 11.7 Å². The third kappa shape index (κ3) is 4.56. The molecule has 0 saturated heterocycles. The minimum atomic E-state index is -0.206. The van der Waals surface area contributed by atoms with Gasteiger partial charge < -0.3 is 10.6 Å². The lowest BCUT2D eigenvalue weighted by molar-refractivity contribution is 0.0937. The molecule has 110 valence electrons. The summed E-state index contributed by atoms with van der Waals surface area (Å²) in [6, 6.07) is 11.8. The molecule has 1 aromatic carbocycles. The molecular weight excluding hydrogens is 264 g/mol. The van der Waals surface area contributed by atoms with Gasteiger partial charge in [0.25, 0.3) is 5.91 Å². The van der Waals surface area contributed by atoms with Gasteiger partial charge >= 0.3 is 0 Å². The van der Waals surface area contributed by atoms with Crippen LogP contribution in [-0.4, -0.2) is 22.1 Å². The quantitative estimate of drug-likeness (QED) is 0.885. The fourth-order valence-electron chi connectivity index (χ4n) is 1.90. The van der Waals surface area contributed by atoms with Crippen LogP contribution in [0.15, 0.2) is 36.4 Å². The molecule has 1 aromatic heterocycles. The zero-order valence-electron chi connectivity index (χ0n) is 12.6. The van der Waals surface area contributed by atoms with Crippen LogP contribution in [0.1, 0.15) is 35.5 Å². The molecule has 0 fully saturated rings. The van der Waals surface area contributed by atoms with E-state index in [0.717, 1.165) is 0 Å². The molecule has 0 bridgehead atoms. The van der Waals surface area contributed by atoms with Gasteiger partial charge in [0.1, 0.15) is 5.82 Å². The molecule has 0 aliphatic heterocycles. The second-order valence-electron chi connectivity index (χ2n) is 5.27. The number of carbonyl (C=O) groups excluding carboxylic acids is 1. The summed E-state index contributed by atoms with van der Waals surface area (Å²) in [7, 11) is 0. The zero-order chi connectivity index (χ0) is 15.2. The van der Waals surface area contributed by atoms with E-state index >= 15 is 0 Å². The van der Waals surface area contributed by atoms with Gasteiger partial charge in [0.15, 0.2) is 5.69 Å². The van der Waals surface area contributed by atoms with Crippen LogP contribution in [0.2, 0.25) is 0 Å². The molecule has 0 atom stereocenters. The van der Waals surface area contributed by atoms with Crippen molar-refractivity contribution in [3.63, 3.8) is 0 Å². The van der Waals surface area contributed by atoms with Gasteiger partial charge in [-0.15, -0.1) is 10.2 Å². The average molecular weight is 284 g/mol. The van der Waals surface area contributed by atoms with Crippen molar-refractivity contribution < 1.29 is 4.79 Å². The molecule has 21 heavy (non-hydrogen) atoms. The Morgan fingerprint density at radius 3 is 2.62 bits per heavy atom. The first-order valence-corrected chi connectivity index (χ1v) is 6.98. The van der Waals surface area contributed by atoms with E-state index in [2.05, 4.69) is 46.0 Å². The zero-order valence-corrected chi connectivity index (χ0v) is 12.6. The lowest BCUT2D eigenvalue weighted by Gasteiger charge is -2.08. The Labute approximate surface area is 124 Å². The fraction of sp³-hybridized carbons (Fsp3) is 0.312. The van der Waals surface area contributed by atoms with Gasteiger partial charge in [0.05, 0.1) is 0 Å². The summed E-state index contributed by atoms with van der Waals surface area (Å²) in [5.74, 6) is 0.445. The molecule has 0 aliphatic carbocycles. The Balaban J connectivity index is 1.95. The number of benzene rings is 1. The predicted octanol–water partition coefficient (Wildman–Crippen LogP) is 2.54. The van der Waals surface area contributed by atoms with E-state index in [1.54, 1.807) is 12.1 Å². The molecule has 0 unspecified atom stereocenters. The number of nitrogens with zero attached hydrogens (tertiary/aromatic N) is 2. The number of hydrogen-bond acceptors (Lipinski definition) is 4. The number of hydrogen-bond donors (Lipinski definition) is 2. The largest absolute Gasteiger partial charge is 0.365 e. The van der Waals surface area contributed by atoms with Crippen molar-refractivity contribution in [3.8, 4) is 0 Å². The van der Waals surface area contributed by atoms with Crippen LogP contribution >= 0.6 is 0 Å². The van der Waals surface area contributed by atoms with E-state index in [9.17, 15) is 4.79 Å². The molecule has 2 aromatic rings. The second-order valence-corrected chi connectivity index (χ2v) is 5.27. The summed E-state index contributed by atoms with van der Waals surface area (Å²) < 4.78 is 0. The molecule has 0 aliphatic rings. The van der Waals surface area contributed by atoms with E-state index in [1.807, 2.05) is 19.9 Å². The van der Waals surface area contributed by atoms with Crippen molar-refractivity contribution in [2.75, 3.05) is 5.32 Å². The van der Waals surface area contributed by atoms with Crippen molar-refractivity contribution in [2.45, 2.75) is 33.4 Å². The van der Waals surface area contributed by atoms with E-state index in [-0.39, 0.29) is 11.9 Å². The molecule has 0 spiro atoms. The lowest BCUT2D eigenvalue weighted by atomic mass is 10.1. The summed E-state index contributed by atoms with van der Waals surface area (Å²) in [5, 5.41) is 13.9. The van der Waals surface area contributed by atoms with E-state index in [4.69, 9.17) is 0 Å². The van der Waals surface area contributed by atoms with Crippen LogP contribution in [0.25, 0.3) is 0 Å². The number of rotatable bonds is 5. The van der Waals surface area contributed by atoms with Gasteiger partial charge in [0.2, 0.25) is 0 Å². The highest BCUT2D eigenvalue weighted by Crippen LogP contribution is 2.08. The summed E-state index contributed by atoms with van der Waals surface area (Å²) in [6.45, 7) is 6.55. The highest BCUT2D eigenvalue weighted by Gasteiger charge is 2.08. The Hall–Kier alpha value is -2.43. The first-order chi connectivity index (χ1) is 10.0. The second kappa shape index (κ2) is 6.83. The van der Waals surface area contributed by atoms with Crippen molar-refractivity contribution in [2.24, 2.45) is 0 Å². The topological polar surface area (TPSA) is 66.9 Å². The maximum Gasteiger partial charge on any atom is 0.271 e. The highest BCUT2D eigenvalue weighted by molar-refractivity contribution is 5.92. The number of amides is 1. The Kier molecular flexibility index (Phi) is 4.87. The maximum absolute atomic E-state index is 11.7. The maximum atomic E-state index is 11.7. The minimum Gasteiger partial charge on any atom is -0.365 e. The molecule has 2 rings (SSSR count). The molecule has 5 nitrogen and oxygen atoms in total. The van der Waals surface area contributed by atoms with Gasteiger partial charge in [-0.1, -0.05) is 29.8 Å². The summed E-state index contributed by atoms with van der Waals surface area (Å²) in [6.07, 6.45) is 0. The van der Waals surface area contributed by atoms with Crippen molar-refractivity contribution in [1.29, 1.82) is 0 Å². The number of aromatic nitrogens is 2. The van der Waals surface area contributed by atoms with Gasteiger partial charge in [-0.2, -0.15) is 0 Å². The van der Waals surface area contributed by atoms with Gasteiger partial charge in [0, 0.05) is 12.6 Å². The highest BCUT2D eigenvalue weighted by atomic mass is 16.1. The van der Waals surface area contributed by atoms with Crippen LogP contribution in [-0.2, 0) is 6.54 Å². The number of anilines is 1. The number of carbonyl (C=O) groups is 1. The van der Waals surface area contributed by atoms with Crippen LogP contribution < -0.4 is 10.6 Å². The lowest BCUT2D eigenvalue weighted by Crippen LogP contribution is -2.30. The Morgan fingerprint density at radius 1 is 1.19 bits per heavy atom. The van der Waals surface area contributed by atoms with Crippen LogP contribution in [0, 0.1) is 6.92 Å². The van der Waals surface area contributed by atoms with E-state index < -0.39 is 0 Å². The molecule has 0 saturated carbocycles. The first-order valence-electron chi connectivity index (χ1n) is 6.98. The summed E-state index contributed by atoms with van der Waals surface area (Å²) in [5.41, 5.74) is 2.73. The number of aryl methyl sites for hydroxylation is 1. The molecule has 1 amide bonds. The normalized spacial score (nSPS) is 10.5.